The second-order valence-electron chi connectivity index (χ2n) is 4.92. The number of piperidine rings is 1. The summed E-state index contributed by atoms with van der Waals surface area (Å²) in [5, 5.41) is 5.23. The maximum Gasteiger partial charge on any atom is 0.267 e. The van der Waals surface area contributed by atoms with E-state index in [2.05, 4.69) is 12.2 Å². The van der Waals surface area contributed by atoms with Crippen LogP contribution in [0.5, 0.6) is 5.75 Å². The van der Waals surface area contributed by atoms with E-state index in [0.29, 0.717) is 10.6 Å². The van der Waals surface area contributed by atoms with Gasteiger partial charge in [-0.2, -0.15) is 0 Å². The molecule has 1 aliphatic heterocycles. The van der Waals surface area contributed by atoms with Crippen LogP contribution in [0.3, 0.4) is 0 Å². The quantitative estimate of drug-likeness (QED) is 0.911. The van der Waals surface area contributed by atoms with Crippen LogP contribution in [-0.2, 0) is 0 Å². The van der Waals surface area contributed by atoms with Gasteiger partial charge in [-0.05, 0) is 38.3 Å². The van der Waals surface area contributed by atoms with Crippen LogP contribution >= 0.6 is 11.3 Å². The number of methoxy groups -OCH3 is 1. The van der Waals surface area contributed by atoms with Crippen molar-refractivity contribution >= 4 is 17.2 Å². The summed E-state index contributed by atoms with van der Waals surface area (Å²) < 4.78 is 5.21. The first-order chi connectivity index (χ1) is 8.59. The number of carbonyl (C=O) groups is 1. The minimum absolute atomic E-state index is 0.0972. The maximum atomic E-state index is 12.4. The molecule has 1 N–H and O–H groups in total. The Hall–Kier alpha value is -1.07. The highest BCUT2D eigenvalue weighted by Crippen LogP contribution is 2.28. The third-order valence-corrected chi connectivity index (χ3v) is 4.68. The fourth-order valence-corrected chi connectivity index (χ4v) is 3.04. The van der Waals surface area contributed by atoms with E-state index in [-0.39, 0.29) is 11.4 Å². The number of rotatable bonds is 3. The average Bonchev–Trinajstić information content (AvgIpc) is 2.87. The van der Waals surface area contributed by atoms with Gasteiger partial charge in [0.2, 0.25) is 0 Å². The molecule has 2 heterocycles. The first kappa shape index (κ1) is 13.4. The van der Waals surface area contributed by atoms with Crippen molar-refractivity contribution < 1.29 is 9.53 Å². The minimum atomic E-state index is 0.0972. The number of ether oxygens (including phenoxy) is 1. The lowest BCUT2D eigenvalue weighted by atomic mass is 9.90. The molecule has 0 aliphatic carbocycles. The van der Waals surface area contributed by atoms with Crippen LogP contribution < -0.4 is 10.1 Å². The van der Waals surface area contributed by atoms with Gasteiger partial charge >= 0.3 is 0 Å². The van der Waals surface area contributed by atoms with Crippen molar-refractivity contribution in [2.75, 3.05) is 27.2 Å². The Balaban J connectivity index is 2.04. The van der Waals surface area contributed by atoms with Crippen molar-refractivity contribution in [3.8, 4) is 5.75 Å². The molecule has 0 atom stereocenters. The lowest BCUT2D eigenvalue weighted by Crippen LogP contribution is -2.51. The lowest BCUT2D eigenvalue weighted by Gasteiger charge is -2.39. The molecular formula is C13H20N2O2S. The zero-order valence-corrected chi connectivity index (χ0v) is 12.0. The molecule has 4 nitrogen and oxygen atoms in total. The van der Waals surface area contributed by atoms with E-state index in [1.807, 2.05) is 23.4 Å². The Bertz CT molecular complexity index is 422. The van der Waals surface area contributed by atoms with Crippen LogP contribution in [0.4, 0.5) is 0 Å². The molecule has 1 saturated heterocycles. The van der Waals surface area contributed by atoms with Gasteiger partial charge < -0.3 is 15.0 Å². The van der Waals surface area contributed by atoms with E-state index < -0.39 is 0 Å². The molecule has 5 heteroatoms. The molecular weight excluding hydrogens is 248 g/mol. The summed E-state index contributed by atoms with van der Waals surface area (Å²) in [7, 11) is 3.59. The molecule has 1 aromatic heterocycles. The fraction of sp³-hybridized carbons (Fsp3) is 0.615. The van der Waals surface area contributed by atoms with Gasteiger partial charge in [-0.25, -0.2) is 0 Å². The van der Waals surface area contributed by atoms with Crippen molar-refractivity contribution in [1.29, 1.82) is 0 Å². The highest BCUT2D eigenvalue weighted by molar-refractivity contribution is 7.12. The maximum absolute atomic E-state index is 12.4. The van der Waals surface area contributed by atoms with Crippen molar-refractivity contribution in [2.45, 2.75) is 25.3 Å². The standard InChI is InChI=1S/C13H20N2O2S/c1-13(14-2)5-7-15(8-6-13)12(16)11-10(17-3)4-9-18-11/h4,9,14H,5-8H2,1-3H3. The number of hydrogen-bond acceptors (Lipinski definition) is 4. The van der Waals surface area contributed by atoms with Crippen molar-refractivity contribution in [1.82, 2.24) is 10.2 Å². The molecule has 0 spiro atoms. The highest BCUT2D eigenvalue weighted by Gasteiger charge is 2.31. The summed E-state index contributed by atoms with van der Waals surface area (Å²) in [5.74, 6) is 0.784. The second kappa shape index (κ2) is 5.28. The van der Waals surface area contributed by atoms with Gasteiger partial charge in [0.1, 0.15) is 10.6 Å². The number of thiophene rings is 1. The molecule has 1 aliphatic rings. The molecule has 0 aromatic carbocycles. The van der Waals surface area contributed by atoms with E-state index in [0.717, 1.165) is 25.9 Å². The molecule has 0 radical (unpaired) electrons. The van der Waals surface area contributed by atoms with Gasteiger partial charge in [0.15, 0.2) is 0 Å². The highest BCUT2D eigenvalue weighted by atomic mass is 32.1. The molecule has 1 amide bonds. The molecule has 0 bridgehead atoms. The third kappa shape index (κ3) is 2.52. The van der Waals surface area contributed by atoms with E-state index in [9.17, 15) is 4.79 Å². The zero-order valence-electron chi connectivity index (χ0n) is 11.2. The average molecular weight is 268 g/mol. The summed E-state index contributed by atoms with van der Waals surface area (Å²) in [5.41, 5.74) is 0.163. The number of hydrogen-bond donors (Lipinski definition) is 1. The van der Waals surface area contributed by atoms with Crippen LogP contribution in [0.2, 0.25) is 0 Å². The summed E-state index contributed by atoms with van der Waals surface area (Å²) in [6.07, 6.45) is 1.98. The number of nitrogens with one attached hydrogen (secondary N) is 1. The van der Waals surface area contributed by atoms with Gasteiger partial charge in [-0.1, -0.05) is 0 Å². The van der Waals surface area contributed by atoms with Crippen molar-refractivity contribution in [2.24, 2.45) is 0 Å². The number of likely N-dealkylation sites (tertiary alicyclic amines) is 1. The third-order valence-electron chi connectivity index (χ3n) is 3.80. The summed E-state index contributed by atoms with van der Waals surface area (Å²) >= 11 is 1.45. The number of carbonyl (C=O) groups excluding carboxylic acids is 1. The predicted octanol–water partition coefficient (Wildman–Crippen LogP) is 1.97. The minimum Gasteiger partial charge on any atom is -0.495 e. The SMILES string of the molecule is CNC1(C)CCN(C(=O)c2sccc2OC)CC1. The molecule has 0 saturated carbocycles. The number of nitrogens with zero attached hydrogens (tertiary/aromatic N) is 1. The van der Waals surface area contributed by atoms with Gasteiger partial charge in [-0.15, -0.1) is 11.3 Å². The smallest absolute Gasteiger partial charge is 0.267 e. The number of amides is 1. The van der Waals surface area contributed by atoms with E-state index >= 15 is 0 Å². The first-order valence-electron chi connectivity index (χ1n) is 6.19. The monoisotopic (exact) mass is 268 g/mol. The molecule has 0 unspecified atom stereocenters. The fourth-order valence-electron chi connectivity index (χ4n) is 2.21. The van der Waals surface area contributed by atoms with E-state index in [1.165, 1.54) is 11.3 Å². The Morgan fingerprint density at radius 2 is 2.17 bits per heavy atom. The van der Waals surface area contributed by atoms with Crippen LogP contribution in [0.15, 0.2) is 11.4 Å². The Morgan fingerprint density at radius 1 is 1.50 bits per heavy atom. The first-order valence-corrected chi connectivity index (χ1v) is 7.07. The molecule has 1 aromatic rings. The van der Waals surface area contributed by atoms with E-state index in [4.69, 9.17) is 4.74 Å². The predicted molar refractivity (Wildman–Crippen MR) is 73.5 cm³/mol. The normalized spacial score (nSPS) is 18.7. The van der Waals surface area contributed by atoms with Gasteiger partial charge in [0, 0.05) is 18.6 Å². The van der Waals surface area contributed by atoms with Gasteiger partial charge in [-0.3, -0.25) is 4.79 Å². The van der Waals surface area contributed by atoms with Crippen molar-refractivity contribution in [3.05, 3.63) is 16.3 Å². The van der Waals surface area contributed by atoms with Gasteiger partial charge in [0.25, 0.3) is 5.91 Å². The van der Waals surface area contributed by atoms with Crippen LogP contribution in [-0.4, -0.2) is 43.6 Å². The van der Waals surface area contributed by atoms with Crippen molar-refractivity contribution in [3.63, 3.8) is 0 Å². The zero-order chi connectivity index (χ0) is 13.2. The Morgan fingerprint density at radius 3 is 2.72 bits per heavy atom. The second-order valence-corrected chi connectivity index (χ2v) is 5.84. The van der Waals surface area contributed by atoms with E-state index in [1.54, 1.807) is 7.11 Å². The summed E-state index contributed by atoms with van der Waals surface area (Å²) in [6.45, 7) is 3.81. The van der Waals surface area contributed by atoms with Crippen LogP contribution in [0, 0.1) is 0 Å². The molecule has 1 fully saturated rings. The largest absolute Gasteiger partial charge is 0.495 e. The topological polar surface area (TPSA) is 41.6 Å². The summed E-state index contributed by atoms with van der Waals surface area (Å²) in [4.78, 5) is 15.0. The Kier molecular flexibility index (Phi) is 3.92. The molecule has 100 valence electrons. The molecule has 18 heavy (non-hydrogen) atoms. The lowest BCUT2D eigenvalue weighted by molar-refractivity contribution is 0.0664. The van der Waals surface area contributed by atoms with Crippen LogP contribution in [0.1, 0.15) is 29.4 Å². The molecule has 2 rings (SSSR count). The Labute approximate surface area is 112 Å². The van der Waals surface area contributed by atoms with Crippen LogP contribution in [0.25, 0.3) is 0 Å². The summed E-state index contributed by atoms with van der Waals surface area (Å²) in [6, 6.07) is 1.85. The van der Waals surface area contributed by atoms with Gasteiger partial charge in [0.05, 0.1) is 7.11 Å².